The molecule has 4 rings (SSSR count). The fourth-order valence-electron chi connectivity index (χ4n) is 3.77. The molecule has 1 aromatic carbocycles. The van der Waals surface area contributed by atoms with Gasteiger partial charge in [0.1, 0.15) is 11.5 Å². The second-order valence-electron chi connectivity index (χ2n) is 9.06. The zero-order valence-electron chi connectivity index (χ0n) is 19.3. The summed E-state index contributed by atoms with van der Waals surface area (Å²) in [6.45, 7) is 9.76. The maximum Gasteiger partial charge on any atom is 0.409 e. The Morgan fingerprint density at radius 1 is 1.06 bits per heavy atom. The van der Waals surface area contributed by atoms with Crippen LogP contribution < -0.4 is 0 Å². The van der Waals surface area contributed by atoms with Crippen LogP contribution in [0, 0.1) is 5.82 Å². The third-order valence-corrected chi connectivity index (χ3v) is 5.63. The lowest BCUT2D eigenvalue weighted by atomic mass is 9.93. The SMILES string of the molecule is CCOC(=O)N1CCN(C(=O)c2cc(-c3cccc(F)c3)n3nc(C(C)(C)C)cc3n2)CC1. The van der Waals surface area contributed by atoms with Gasteiger partial charge in [0.15, 0.2) is 5.65 Å². The molecule has 0 atom stereocenters. The Labute approximate surface area is 192 Å². The van der Waals surface area contributed by atoms with Gasteiger partial charge in [0.2, 0.25) is 0 Å². The number of halogens is 1. The Hall–Kier alpha value is -3.49. The number of fused-ring (bicyclic) bond motifs is 1. The van der Waals surface area contributed by atoms with Crippen LogP contribution in [-0.4, -0.2) is 69.2 Å². The van der Waals surface area contributed by atoms with E-state index in [2.05, 4.69) is 4.98 Å². The molecule has 3 aromatic rings. The molecule has 1 fully saturated rings. The standard InChI is InChI=1S/C24H28FN5O3/c1-5-33-23(32)29-11-9-28(10-12-29)22(31)18-14-19(16-7-6-8-17(25)13-16)30-21(26-18)15-20(27-30)24(2,3)4/h6-8,13-15H,5,9-12H2,1-4H3. The summed E-state index contributed by atoms with van der Waals surface area (Å²) in [5.74, 6) is -0.610. The summed E-state index contributed by atoms with van der Waals surface area (Å²) >= 11 is 0. The van der Waals surface area contributed by atoms with Gasteiger partial charge in [0, 0.05) is 43.2 Å². The highest BCUT2D eigenvalue weighted by molar-refractivity contribution is 5.94. The van der Waals surface area contributed by atoms with Crippen molar-refractivity contribution in [2.24, 2.45) is 0 Å². The number of amides is 2. The second-order valence-corrected chi connectivity index (χ2v) is 9.06. The van der Waals surface area contributed by atoms with Gasteiger partial charge in [-0.25, -0.2) is 18.7 Å². The maximum atomic E-state index is 14.0. The van der Waals surface area contributed by atoms with Gasteiger partial charge in [-0.05, 0) is 25.1 Å². The molecule has 0 N–H and O–H groups in total. The molecule has 2 aromatic heterocycles. The van der Waals surface area contributed by atoms with Crippen molar-refractivity contribution in [2.45, 2.75) is 33.1 Å². The first kappa shape index (κ1) is 22.7. The molecule has 0 saturated carbocycles. The van der Waals surface area contributed by atoms with Crippen molar-refractivity contribution >= 4 is 17.6 Å². The molecule has 0 bridgehead atoms. The molecule has 8 nitrogen and oxygen atoms in total. The van der Waals surface area contributed by atoms with Crippen molar-refractivity contribution < 1.29 is 18.7 Å². The van der Waals surface area contributed by atoms with E-state index in [4.69, 9.17) is 9.84 Å². The number of aromatic nitrogens is 3. The van der Waals surface area contributed by atoms with Crippen LogP contribution in [0.15, 0.2) is 36.4 Å². The molecule has 0 radical (unpaired) electrons. The minimum Gasteiger partial charge on any atom is -0.450 e. The van der Waals surface area contributed by atoms with Crippen molar-refractivity contribution in [1.29, 1.82) is 0 Å². The summed E-state index contributed by atoms with van der Waals surface area (Å²) in [7, 11) is 0. The van der Waals surface area contributed by atoms with Crippen molar-refractivity contribution in [3.05, 3.63) is 53.6 Å². The molecule has 0 spiro atoms. The molecule has 2 amide bonds. The lowest BCUT2D eigenvalue weighted by Crippen LogP contribution is -2.50. The first-order valence-corrected chi connectivity index (χ1v) is 11.1. The summed E-state index contributed by atoms with van der Waals surface area (Å²) in [5.41, 5.74) is 2.57. The molecule has 0 aliphatic carbocycles. The molecule has 0 unspecified atom stereocenters. The zero-order valence-corrected chi connectivity index (χ0v) is 19.3. The molecule has 1 saturated heterocycles. The van der Waals surface area contributed by atoms with Crippen molar-refractivity contribution in [2.75, 3.05) is 32.8 Å². The number of hydrogen-bond donors (Lipinski definition) is 0. The third kappa shape index (κ3) is 4.67. The molecule has 33 heavy (non-hydrogen) atoms. The molecule has 3 heterocycles. The summed E-state index contributed by atoms with van der Waals surface area (Å²) in [6, 6.07) is 9.71. The highest BCUT2D eigenvalue weighted by atomic mass is 19.1. The van der Waals surface area contributed by atoms with Gasteiger partial charge in [0.05, 0.1) is 18.0 Å². The zero-order chi connectivity index (χ0) is 23.8. The first-order chi connectivity index (χ1) is 15.7. The van der Waals surface area contributed by atoms with Crippen molar-refractivity contribution in [3.63, 3.8) is 0 Å². The van der Waals surface area contributed by atoms with Crippen molar-refractivity contribution in [1.82, 2.24) is 24.4 Å². The predicted octanol–water partition coefficient (Wildman–Crippen LogP) is 3.75. The van der Waals surface area contributed by atoms with Crippen LogP contribution in [0.5, 0.6) is 0 Å². The lowest BCUT2D eigenvalue weighted by molar-refractivity contribution is 0.0566. The fraction of sp³-hybridized carbons (Fsp3) is 0.417. The van der Waals surface area contributed by atoms with E-state index in [1.54, 1.807) is 39.4 Å². The molecule has 1 aliphatic rings. The average molecular weight is 454 g/mol. The fourth-order valence-corrected chi connectivity index (χ4v) is 3.77. The maximum absolute atomic E-state index is 14.0. The van der Waals surface area contributed by atoms with E-state index < -0.39 is 0 Å². The van der Waals surface area contributed by atoms with Crippen LogP contribution in [-0.2, 0) is 10.2 Å². The number of nitrogens with zero attached hydrogens (tertiary/aromatic N) is 5. The molecular formula is C24H28FN5O3. The van der Waals surface area contributed by atoms with Crippen LogP contribution >= 0.6 is 0 Å². The number of piperazine rings is 1. The Kier molecular flexibility index (Phi) is 6.05. The number of carbonyl (C=O) groups excluding carboxylic acids is 2. The van der Waals surface area contributed by atoms with Crippen LogP contribution in [0.4, 0.5) is 9.18 Å². The summed E-state index contributed by atoms with van der Waals surface area (Å²) in [5, 5.41) is 4.70. The van der Waals surface area contributed by atoms with Crippen LogP contribution in [0.3, 0.4) is 0 Å². The minimum atomic E-state index is -0.372. The van der Waals surface area contributed by atoms with E-state index in [-0.39, 0.29) is 28.9 Å². The number of carbonyl (C=O) groups is 2. The van der Waals surface area contributed by atoms with Gasteiger partial charge in [0.25, 0.3) is 5.91 Å². The minimum absolute atomic E-state index is 0.222. The lowest BCUT2D eigenvalue weighted by Gasteiger charge is -2.33. The first-order valence-electron chi connectivity index (χ1n) is 11.1. The monoisotopic (exact) mass is 453 g/mol. The van der Waals surface area contributed by atoms with Crippen LogP contribution in [0.25, 0.3) is 16.9 Å². The smallest absolute Gasteiger partial charge is 0.409 e. The van der Waals surface area contributed by atoms with E-state index in [1.165, 1.54) is 12.1 Å². The van der Waals surface area contributed by atoms with Crippen LogP contribution in [0.2, 0.25) is 0 Å². The summed E-state index contributed by atoms with van der Waals surface area (Å²) in [6.07, 6.45) is -0.369. The largest absolute Gasteiger partial charge is 0.450 e. The molecule has 1 aliphatic heterocycles. The van der Waals surface area contributed by atoms with Gasteiger partial charge in [-0.15, -0.1) is 0 Å². The Balaban J connectivity index is 1.69. The second kappa shape index (κ2) is 8.80. The van der Waals surface area contributed by atoms with E-state index in [0.29, 0.717) is 49.7 Å². The highest BCUT2D eigenvalue weighted by Gasteiger charge is 2.28. The quantitative estimate of drug-likeness (QED) is 0.604. The number of ether oxygens (including phenoxy) is 1. The van der Waals surface area contributed by atoms with Gasteiger partial charge >= 0.3 is 6.09 Å². The van der Waals surface area contributed by atoms with Gasteiger partial charge < -0.3 is 14.5 Å². The van der Waals surface area contributed by atoms with E-state index >= 15 is 0 Å². The molecule has 174 valence electrons. The van der Waals surface area contributed by atoms with E-state index in [1.807, 2.05) is 26.8 Å². The molecular weight excluding hydrogens is 425 g/mol. The Bertz CT molecular complexity index is 1190. The Morgan fingerprint density at radius 3 is 2.39 bits per heavy atom. The molecule has 9 heteroatoms. The Morgan fingerprint density at radius 2 is 1.76 bits per heavy atom. The number of benzene rings is 1. The average Bonchev–Trinajstić information content (AvgIpc) is 3.23. The van der Waals surface area contributed by atoms with Gasteiger partial charge in [-0.3, -0.25) is 4.79 Å². The van der Waals surface area contributed by atoms with E-state index in [9.17, 15) is 14.0 Å². The van der Waals surface area contributed by atoms with E-state index in [0.717, 1.165) is 5.69 Å². The van der Waals surface area contributed by atoms with Crippen molar-refractivity contribution in [3.8, 4) is 11.3 Å². The summed E-state index contributed by atoms with van der Waals surface area (Å²) in [4.78, 5) is 33.1. The highest BCUT2D eigenvalue weighted by Crippen LogP contribution is 2.27. The number of hydrogen-bond acceptors (Lipinski definition) is 5. The number of rotatable bonds is 3. The van der Waals surface area contributed by atoms with Gasteiger partial charge in [-0.2, -0.15) is 5.10 Å². The predicted molar refractivity (Wildman–Crippen MR) is 122 cm³/mol. The summed E-state index contributed by atoms with van der Waals surface area (Å²) < 4.78 is 20.7. The van der Waals surface area contributed by atoms with Crippen LogP contribution in [0.1, 0.15) is 43.9 Å². The van der Waals surface area contributed by atoms with Gasteiger partial charge in [-0.1, -0.05) is 32.9 Å². The third-order valence-electron chi connectivity index (χ3n) is 5.63. The normalized spacial score (nSPS) is 14.6. The topological polar surface area (TPSA) is 80.0 Å².